The predicted octanol–water partition coefficient (Wildman–Crippen LogP) is 4.65. The normalized spacial score (nSPS) is 14.3. The SMILES string of the molecule is C=N/C(=C\C1=CC=CC1)C(=C)CCc1ccccc1. The van der Waals surface area contributed by atoms with Gasteiger partial charge in [-0.15, -0.1) is 0 Å². The van der Waals surface area contributed by atoms with Crippen LogP contribution >= 0.6 is 0 Å². The Labute approximate surface area is 115 Å². The lowest BCUT2D eigenvalue weighted by Gasteiger charge is -2.07. The Balaban J connectivity index is 1.96. The molecule has 0 aliphatic heterocycles. The van der Waals surface area contributed by atoms with Gasteiger partial charge in [-0.2, -0.15) is 0 Å². The van der Waals surface area contributed by atoms with Crippen molar-refractivity contribution >= 4 is 6.72 Å². The third-order valence-corrected chi connectivity index (χ3v) is 3.21. The summed E-state index contributed by atoms with van der Waals surface area (Å²) in [5.41, 5.74) is 4.55. The Bertz CT molecular complexity index is 544. The lowest BCUT2D eigenvalue weighted by atomic mass is 10.0. The van der Waals surface area contributed by atoms with Gasteiger partial charge in [0.1, 0.15) is 0 Å². The van der Waals surface area contributed by atoms with Crippen LogP contribution in [0.25, 0.3) is 0 Å². The standard InChI is InChI=1S/C18H19N/c1-15(12-13-16-8-4-3-5-9-16)18(19-2)14-17-10-6-7-11-17/h3-10,14H,1-2,11-13H2/b18-14-. The quantitative estimate of drug-likeness (QED) is 0.514. The van der Waals surface area contributed by atoms with Crippen LogP contribution in [-0.2, 0) is 6.42 Å². The topological polar surface area (TPSA) is 12.4 Å². The Morgan fingerprint density at radius 2 is 2.05 bits per heavy atom. The second kappa shape index (κ2) is 6.69. The number of hydrogen-bond donors (Lipinski definition) is 0. The van der Waals surface area contributed by atoms with Crippen LogP contribution in [0.15, 0.2) is 83.1 Å². The Morgan fingerprint density at radius 3 is 2.68 bits per heavy atom. The van der Waals surface area contributed by atoms with Gasteiger partial charge >= 0.3 is 0 Å². The predicted molar refractivity (Wildman–Crippen MR) is 83.4 cm³/mol. The zero-order valence-electron chi connectivity index (χ0n) is 11.2. The molecule has 0 saturated heterocycles. The number of allylic oxidation sites excluding steroid dienone is 6. The summed E-state index contributed by atoms with van der Waals surface area (Å²) in [6.07, 6.45) is 11.3. The zero-order valence-corrected chi connectivity index (χ0v) is 11.2. The van der Waals surface area contributed by atoms with E-state index in [4.69, 9.17) is 0 Å². The highest BCUT2D eigenvalue weighted by Gasteiger charge is 2.04. The highest BCUT2D eigenvalue weighted by molar-refractivity contribution is 5.44. The van der Waals surface area contributed by atoms with Crippen molar-refractivity contribution < 1.29 is 0 Å². The molecule has 1 aromatic carbocycles. The van der Waals surface area contributed by atoms with E-state index in [9.17, 15) is 0 Å². The van der Waals surface area contributed by atoms with Gasteiger partial charge in [-0.3, -0.25) is 4.99 Å². The molecule has 0 fully saturated rings. The third-order valence-electron chi connectivity index (χ3n) is 3.21. The van der Waals surface area contributed by atoms with Crippen molar-refractivity contribution in [2.45, 2.75) is 19.3 Å². The molecule has 0 amide bonds. The van der Waals surface area contributed by atoms with E-state index in [2.05, 4.69) is 66.9 Å². The third kappa shape index (κ3) is 3.92. The van der Waals surface area contributed by atoms with Crippen LogP contribution in [0.5, 0.6) is 0 Å². The number of hydrogen-bond acceptors (Lipinski definition) is 1. The molecule has 0 heterocycles. The van der Waals surface area contributed by atoms with Gasteiger partial charge < -0.3 is 0 Å². The highest BCUT2D eigenvalue weighted by Crippen LogP contribution is 2.21. The summed E-state index contributed by atoms with van der Waals surface area (Å²) < 4.78 is 0. The molecule has 1 aliphatic carbocycles. The van der Waals surface area contributed by atoms with Crippen LogP contribution in [0.2, 0.25) is 0 Å². The summed E-state index contributed by atoms with van der Waals surface area (Å²) in [6.45, 7) is 7.79. The van der Waals surface area contributed by atoms with Gasteiger partial charge in [-0.05, 0) is 48.8 Å². The van der Waals surface area contributed by atoms with E-state index < -0.39 is 0 Å². The first-order chi connectivity index (χ1) is 9.29. The molecule has 2 rings (SSSR count). The molecule has 1 heteroatoms. The van der Waals surface area contributed by atoms with Crippen molar-refractivity contribution in [1.29, 1.82) is 0 Å². The van der Waals surface area contributed by atoms with Crippen LogP contribution in [0.3, 0.4) is 0 Å². The molecule has 0 aromatic heterocycles. The first kappa shape index (κ1) is 13.3. The molecule has 1 aromatic rings. The fourth-order valence-corrected chi connectivity index (χ4v) is 2.07. The number of benzene rings is 1. The second-order valence-electron chi connectivity index (χ2n) is 4.65. The van der Waals surface area contributed by atoms with E-state index in [0.717, 1.165) is 30.5 Å². The van der Waals surface area contributed by atoms with Gasteiger partial charge in [-0.25, -0.2) is 0 Å². The minimum Gasteiger partial charge on any atom is -0.264 e. The van der Waals surface area contributed by atoms with Gasteiger partial charge in [0.25, 0.3) is 0 Å². The first-order valence-electron chi connectivity index (χ1n) is 6.56. The van der Waals surface area contributed by atoms with E-state index in [1.807, 2.05) is 6.07 Å². The van der Waals surface area contributed by atoms with Crippen LogP contribution in [0, 0.1) is 0 Å². The van der Waals surface area contributed by atoms with Crippen LogP contribution in [0.4, 0.5) is 0 Å². The molecular weight excluding hydrogens is 230 g/mol. The monoisotopic (exact) mass is 249 g/mol. The number of nitrogens with zero attached hydrogens (tertiary/aromatic N) is 1. The summed E-state index contributed by atoms with van der Waals surface area (Å²) in [5, 5.41) is 0. The van der Waals surface area contributed by atoms with E-state index in [1.54, 1.807) is 0 Å². The lowest BCUT2D eigenvalue weighted by Crippen LogP contribution is -1.91. The largest absolute Gasteiger partial charge is 0.264 e. The van der Waals surface area contributed by atoms with Crippen molar-refractivity contribution in [3.8, 4) is 0 Å². The molecule has 19 heavy (non-hydrogen) atoms. The maximum Gasteiger partial charge on any atom is 0.0651 e. The Kier molecular flexibility index (Phi) is 4.68. The summed E-state index contributed by atoms with van der Waals surface area (Å²) in [4.78, 5) is 4.11. The Hall–Kier alpha value is -2.15. The van der Waals surface area contributed by atoms with Gasteiger partial charge in [0.05, 0.1) is 5.70 Å². The van der Waals surface area contributed by atoms with Crippen molar-refractivity contribution in [1.82, 2.24) is 0 Å². The maximum atomic E-state index is 4.13. The van der Waals surface area contributed by atoms with E-state index in [-0.39, 0.29) is 0 Å². The molecule has 0 spiro atoms. The molecule has 1 nitrogen and oxygen atoms in total. The molecule has 0 N–H and O–H groups in total. The van der Waals surface area contributed by atoms with Crippen molar-refractivity contribution in [3.05, 3.63) is 83.6 Å². The van der Waals surface area contributed by atoms with Crippen molar-refractivity contribution in [3.63, 3.8) is 0 Å². The lowest BCUT2D eigenvalue weighted by molar-refractivity contribution is 0.947. The van der Waals surface area contributed by atoms with Gasteiger partial charge in [-0.1, -0.05) is 55.1 Å². The first-order valence-corrected chi connectivity index (χ1v) is 6.56. The van der Waals surface area contributed by atoms with E-state index >= 15 is 0 Å². The molecule has 0 atom stereocenters. The fourth-order valence-electron chi connectivity index (χ4n) is 2.07. The summed E-state index contributed by atoms with van der Waals surface area (Å²) in [6, 6.07) is 10.4. The number of rotatable bonds is 6. The van der Waals surface area contributed by atoms with Crippen molar-refractivity contribution in [2.24, 2.45) is 4.99 Å². The van der Waals surface area contributed by atoms with Crippen LogP contribution in [0.1, 0.15) is 18.4 Å². The van der Waals surface area contributed by atoms with E-state index in [0.29, 0.717) is 0 Å². The highest BCUT2D eigenvalue weighted by atomic mass is 14.7. The van der Waals surface area contributed by atoms with Gasteiger partial charge in [0.2, 0.25) is 0 Å². The minimum absolute atomic E-state index is 0.908. The summed E-state index contributed by atoms with van der Waals surface area (Å²) in [7, 11) is 0. The molecule has 1 aliphatic rings. The summed E-state index contributed by atoms with van der Waals surface area (Å²) in [5.74, 6) is 0. The fraction of sp³-hybridized carbons (Fsp3) is 0.167. The number of aliphatic imine (C=N–C) groups is 1. The smallest absolute Gasteiger partial charge is 0.0651 e. The van der Waals surface area contributed by atoms with Crippen molar-refractivity contribution in [2.75, 3.05) is 0 Å². The molecular formula is C18H19N. The molecule has 96 valence electrons. The second-order valence-corrected chi connectivity index (χ2v) is 4.65. The minimum atomic E-state index is 0.908. The molecule has 0 radical (unpaired) electrons. The van der Waals surface area contributed by atoms with Gasteiger partial charge in [0.15, 0.2) is 0 Å². The number of aryl methyl sites for hydroxylation is 1. The van der Waals surface area contributed by atoms with Crippen LogP contribution < -0.4 is 0 Å². The molecule has 0 unspecified atom stereocenters. The van der Waals surface area contributed by atoms with Crippen LogP contribution in [-0.4, -0.2) is 6.72 Å². The average molecular weight is 249 g/mol. The summed E-state index contributed by atoms with van der Waals surface area (Å²) >= 11 is 0. The Morgan fingerprint density at radius 1 is 1.26 bits per heavy atom. The molecule has 0 saturated carbocycles. The zero-order chi connectivity index (χ0) is 13.5. The van der Waals surface area contributed by atoms with E-state index in [1.165, 1.54) is 11.1 Å². The molecule has 0 bridgehead atoms. The van der Waals surface area contributed by atoms with Gasteiger partial charge in [0, 0.05) is 0 Å². The average Bonchev–Trinajstić information content (AvgIpc) is 2.96. The maximum absolute atomic E-state index is 4.13.